The average molecular weight is 539 g/mol. The van der Waals surface area contributed by atoms with Crippen LogP contribution in [0, 0.1) is 5.82 Å². The maximum absolute atomic E-state index is 14.7. The molecule has 11 nitrogen and oxygen atoms in total. The van der Waals surface area contributed by atoms with Crippen LogP contribution in [0.2, 0.25) is 0 Å². The molecule has 0 aliphatic carbocycles. The number of carboxylic acid groups (broad SMARTS) is 1. The second kappa shape index (κ2) is 12.1. The van der Waals surface area contributed by atoms with Crippen LogP contribution < -0.4 is 24.4 Å². The van der Waals surface area contributed by atoms with Crippen molar-refractivity contribution in [3.63, 3.8) is 0 Å². The molecule has 206 valence electrons. The third-order valence-electron chi connectivity index (χ3n) is 6.59. The van der Waals surface area contributed by atoms with Gasteiger partial charge >= 0.3 is 6.09 Å². The second-order valence-corrected chi connectivity index (χ2v) is 9.41. The zero-order valence-electron chi connectivity index (χ0n) is 21.7. The molecule has 5 rings (SSSR count). The van der Waals surface area contributed by atoms with E-state index < -0.39 is 11.9 Å². The highest BCUT2D eigenvalue weighted by molar-refractivity contribution is 5.84. The van der Waals surface area contributed by atoms with Crippen LogP contribution in [0.1, 0.15) is 12.0 Å². The first-order chi connectivity index (χ1) is 18.9. The summed E-state index contributed by atoms with van der Waals surface area (Å²) < 4.78 is 31.0. The Labute approximate surface area is 225 Å². The number of hydrogen-bond donors (Lipinski definition) is 2. The fourth-order valence-corrected chi connectivity index (χ4v) is 4.39. The zero-order valence-corrected chi connectivity index (χ0v) is 21.7. The van der Waals surface area contributed by atoms with E-state index in [4.69, 9.17) is 14.2 Å². The van der Waals surface area contributed by atoms with Crippen LogP contribution in [0.15, 0.2) is 48.7 Å². The Morgan fingerprint density at radius 1 is 1.13 bits per heavy atom. The van der Waals surface area contributed by atoms with Gasteiger partial charge in [0.2, 0.25) is 12.7 Å². The van der Waals surface area contributed by atoms with Crippen LogP contribution in [0.3, 0.4) is 0 Å². The van der Waals surface area contributed by atoms with Crippen molar-refractivity contribution in [1.82, 2.24) is 19.8 Å². The molecule has 12 heteroatoms. The number of ether oxygens (including phenoxy) is 3. The van der Waals surface area contributed by atoms with E-state index in [0.717, 1.165) is 44.0 Å². The molecule has 0 spiro atoms. The second-order valence-electron chi connectivity index (χ2n) is 9.41. The summed E-state index contributed by atoms with van der Waals surface area (Å²) in [5, 5.41) is 12.8. The summed E-state index contributed by atoms with van der Waals surface area (Å²) in [5.74, 6) is 1.14. The Balaban J connectivity index is 1.18. The number of nitrogens with zero attached hydrogens (tertiary/aromatic N) is 5. The van der Waals surface area contributed by atoms with Gasteiger partial charge in [0.15, 0.2) is 23.1 Å². The monoisotopic (exact) mass is 538 g/mol. The van der Waals surface area contributed by atoms with Gasteiger partial charge in [0.05, 0.1) is 13.2 Å². The molecule has 2 aliphatic heterocycles. The molecule has 3 aromatic rings. The summed E-state index contributed by atoms with van der Waals surface area (Å²) in [6, 6.07) is 11.2. The number of amides is 1. The number of halogens is 1. The van der Waals surface area contributed by atoms with Crippen molar-refractivity contribution in [3.8, 4) is 17.2 Å². The van der Waals surface area contributed by atoms with Crippen LogP contribution >= 0.6 is 0 Å². The lowest BCUT2D eigenvalue weighted by molar-refractivity contribution is 0.145. The predicted molar refractivity (Wildman–Crippen MR) is 143 cm³/mol. The van der Waals surface area contributed by atoms with Gasteiger partial charge in [0, 0.05) is 50.7 Å². The first-order valence-electron chi connectivity index (χ1n) is 12.8. The number of likely N-dealkylation sites (N-methyl/N-ethyl adjacent to an activating group) is 1. The predicted octanol–water partition coefficient (Wildman–Crippen LogP) is 3.79. The largest absolute Gasteiger partial charge is 0.490 e. The molecule has 0 saturated carbocycles. The van der Waals surface area contributed by atoms with Gasteiger partial charge in [0.1, 0.15) is 5.82 Å². The Morgan fingerprint density at radius 2 is 1.95 bits per heavy atom. The Hall–Kier alpha value is -4.16. The lowest BCUT2D eigenvalue weighted by atomic mass is 10.2. The first kappa shape index (κ1) is 26.4. The van der Waals surface area contributed by atoms with Crippen molar-refractivity contribution in [1.29, 1.82) is 0 Å². The maximum Gasteiger partial charge on any atom is 0.413 e. The minimum absolute atomic E-state index is 0.0396. The van der Waals surface area contributed by atoms with Gasteiger partial charge in [0.25, 0.3) is 0 Å². The lowest BCUT2D eigenvalue weighted by Crippen LogP contribution is -2.44. The molecule has 39 heavy (non-hydrogen) atoms. The van der Waals surface area contributed by atoms with Crippen molar-refractivity contribution in [3.05, 3.63) is 60.0 Å². The van der Waals surface area contributed by atoms with Crippen molar-refractivity contribution in [2.24, 2.45) is 0 Å². The number of nitrogens with one attached hydrogen (secondary N) is 1. The van der Waals surface area contributed by atoms with E-state index in [2.05, 4.69) is 32.1 Å². The molecular weight excluding hydrogens is 507 g/mol. The van der Waals surface area contributed by atoms with Gasteiger partial charge in [-0.3, -0.25) is 4.90 Å². The van der Waals surface area contributed by atoms with Crippen LogP contribution in [-0.2, 0) is 6.54 Å². The molecular formula is C27H31FN6O5. The van der Waals surface area contributed by atoms with Crippen LogP contribution in [0.4, 0.5) is 26.6 Å². The van der Waals surface area contributed by atoms with Crippen molar-refractivity contribution in [2.75, 3.05) is 63.4 Å². The molecule has 2 aromatic carbocycles. The highest BCUT2D eigenvalue weighted by atomic mass is 19.1. The highest BCUT2D eigenvalue weighted by Crippen LogP contribution is 2.33. The van der Waals surface area contributed by atoms with E-state index in [-0.39, 0.29) is 30.9 Å². The van der Waals surface area contributed by atoms with Crippen molar-refractivity contribution >= 4 is 23.5 Å². The van der Waals surface area contributed by atoms with Gasteiger partial charge in [-0.25, -0.2) is 14.2 Å². The third kappa shape index (κ3) is 6.84. The molecule has 1 amide bonds. The van der Waals surface area contributed by atoms with Crippen molar-refractivity contribution in [2.45, 2.75) is 13.0 Å². The van der Waals surface area contributed by atoms with E-state index in [0.29, 0.717) is 29.4 Å². The van der Waals surface area contributed by atoms with Crippen LogP contribution in [0.25, 0.3) is 0 Å². The maximum atomic E-state index is 14.7. The number of anilines is 3. The van der Waals surface area contributed by atoms with E-state index in [1.807, 2.05) is 0 Å². The molecule has 2 aliphatic rings. The van der Waals surface area contributed by atoms with Gasteiger partial charge < -0.3 is 34.4 Å². The fourth-order valence-electron chi connectivity index (χ4n) is 4.39. The summed E-state index contributed by atoms with van der Waals surface area (Å²) >= 11 is 0. The summed E-state index contributed by atoms with van der Waals surface area (Å²) in [6.07, 6.45) is 1.07. The summed E-state index contributed by atoms with van der Waals surface area (Å²) in [6.45, 7) is 5.72. The summed E-state index contributed by atoms with van der Waals surface area (Å²) in [5.41, 5.74) is 1.11. The summed E-state index contributed by atoms with van der Waals surface area (Å²) in [7, 11) is 2.12. The Morgan fingerprint density at radius 3 is 2.74 bits per heavy atom. The topological polar surface area (TPSA) is 113 Å². The third-order valence-corrected chi connectivity index (χ3v) is 6.59. The number of piperazine rings is 1. The van der Waals surface area contributed by atoms with Gasteiger partial charge in [-0.05, 0) is 49.4 Å². The SMILES string of the molecule is CN1CCN(CCCOc2ccc(Nc3nccc(N(Cc4ccc5c(c4)OCO5)C(=O)O)n3)cc2F)CC1. The normalized spacial score (nSPS) is 15.2. The van der Waals surface area contributed by atoms with E-state index in [1.165, 1.54) is 18.3 Å². The molecule has 3 heterocycles. The standard InChI is InChI=1S/C27H31FN6O5/c1-32-10-12-33(13-11-32)9-2-14-37-22-6-4-20(16-21(22)28)30-26-29-8-7-25(31-26)34(27(35)36)17-19-3-5-23-24(15-19)39-18-38-23/h3-8,15-16H,2,9-14,17-18H2,1H3,(H,35,36)(H,29,30,31). The highest BCUT2D eigenvalue weighted by Gasteiger charge is 2.20. The van der Waals surface area contributed by atoms with Crippen molar-refractivity contribution < 1.29 is 28.5 Å². The number of rotatable bonds is 10. The minimum atomic E-state index is -1.18. The number of aromatic nitrogens is 2. The molecule has 1 fully saturated rings. The molecule has 0 radical (unpaired) electrons. The molecule has 0 bridgehead atoms. The Bertz CT molecular complexity index is 1300. The number of hydrogen-bond acceptors (Lipinski definition) is 9. The first-order valence-corrected chi connectivity index (χ1v) is 12.8. The number of benzene rings is 2. The van der Waals surface area contributed by atoms with Crippen LogP contribution in [0.5, 0.6) is 17.2 Å². The minimum Gasteiger partial charge on any atom is -0.490 e. The average Bonchev–Trinajstić information content (AvgIpc) is 3.40. The van der Waals surface area contributed by atoms with E-state index >= 15 is 0 Å². The summed E-state index contributed by atoms with van der Waals surface area (Å²) in [4.78, 5) is 26.3. The van der Waals surface area contributed by atoms with Gasteiger partial charge in [-0.2, -0.15) is 4.98 Å². The zero-order chi connectivity index (χ0) is 27.2. The molecule has 0 unspecified atom stereocenters. The lowest BCUT2D eigenvalue weighted by Gasteiger charge is -2.32. The molecule has 1 aromatic heterocycles. The smallest absolute Gasteiger partial charge is 0.413 e. The quantitative estimate of drug-likeness (QED) is 0.370. The van der Waals surface area contributed by atoms with Crippen LogP contribution in [-0.4, -0.2) is 84.1 Å². The number of carbonyl (C=O) groups is 1. The van der Waals surface area contributed by atoms with E-state index in [1.54, 1.807) is 30.3 Å². The van der Waals surface area contributed by atoms with Gasteiger partial charge in [-0.15, -0.1) is 0 Å². The number of fused-ring (bicyclic) bond motifs is 1. The Kier molecular flexibility index (Phi) is 8.23. The van der Waals surface area contributed by atoms with Gasteiger partial charge in [-0.1, -0.05) is 6.07 Å². The fraction of sp³-hybridized carbons (Fsp3) is 0.370. The van der Waals surface area contributed by atoms with E-state index in [9.17, 15) is 14.3 Å². The molecule has 2 N–H and O–H groups in total. The molecule has 1 saturated heterocycles. The molecule has 0 atom stereocenters.